The van der Waals surface area contributed by atoms with Crippen molar-refractivity contribution in [1.29, 1.82) is 0 Å². The number of likely N-dealkylation sites (tertiary alicyclic amines) is 1. The third-order valence-electron chi connectivity index (χ3n) is 2.36. The number of nitrogens with two attached hydrogens (primary N) is 1. The molecule has 1 unspecified atom stereocenters. The van der Waals surface area contributed by atoms with Gasteiger partial charge in [-0.05, 0) is 32.9 Å². The van der Waals surface area contributed by atoms with Crippen LogP contribution in [-0.4, -0.2) is 30.6 Å². The zero-order valence-corrected chi connectivity index (χ0v) is 9.29. The molecule has 2 nitrogen and oxygen atoms in total. The molecule has 1 rings (SSSR count). The summed E-state index contributed by atoms with van der Waals surface area (Å²) < 4.78 is 0. The Balaban J connectivity index is 0. The Hall–Kier alpha value is 0.500. The molecular formula is C8H20Cl2N2. The van der Waals surface area contributed by atoms with E-state index in [9.17, 15) is 0 Å². The van der Waals surface area contributed by atoms with Gasteiger partial charge >= 0.3 is 0 Å². The van der Waals surface area contributed by atoms with Gasteiger partial charge in [0.2, 0.25) is 0 Å². The summed E-state index contributed by atoms with van der Waals surface area (Å²) in [4.78, 5) is 2.49. The van der Waals surface area contributed by atoms with Gasteiger partial charge in [-0.2, -0.15) is 0 Å². The van der Waals surface area contributed by atoms with E-state index in [2.05, 4.69) is 11.8 Å². The third kappa shape index (κ3) is 4.51. The number of rotatable bonds is 2. The van der Waals surface area contributed by atoms with Crippen molar-refractivity contribution in [2.45, 2.75) is 32.2 Å². The summed E-state index contributed by atoms with van der Waals surface area (Å²) in [6.07, 6.45) is 4.14. The number of hydrogen-bond donors (Lipinski definition) is 1. The lowest BCUT2D eigenvalue weighted by molar-refractivity contribution is 0.178. The lowest BCUT2D eigenvalue weighted by Gasteiger charge is -2.31. The standard InChI is InChI=1S/C8H18N2.2ClH/c1-8(7-9)10-5-3-2-4-6-10;;/h8H,2-7,9H2,1H3;2*1H. The Morgan fingerprint density at radius 1 is 1.17 bits per heavy atom. The van der Waals surface area contributed by atoms with Crippen LogP contribution in [0.5, 0.6) is 0 Å². The molecule has 1 heterocycles. The van der Waals surface area contributed by atoms with Gasteiger partial charge in [-0.15, -0.1) is 24.8 Å². The van der Waals surface area contributed by atoms with E-state index >= 15 is 0 Å². The summed E-state index contributed by atoms with van der Waals surface area (Å²) in [6, 6.07) is 0.597. The quantitative estimate of drug-likeness (QED) is 0.759. The maximum Gasteiger partial charge on any atom is 0.0190 e. The normalized spacial score (nSPS) is 20.5. The Bertz CT molecular complexity index is 95.1. The molecule has 1 aliphatic rings. The fourth-order valence-electron chi connectivity index (χ4n) is 1.51. The Morgan fingerprint density at radius 3 is 2.08 bits per heavy atom. The van der Waals surface area contributed by atoms with Gasteiger partial charge in [0.25, 0.3) is 0 Å². The highest BCUT2D eigenvalue weighted by Gasteiger charge is 2.14. The monoisotopic (exact) mass is 214 g/mol. The second-order valence-corrected chi connectivity index (χ2v) is 3.18. The first-order valence-corrected chi connectivity index (χ1v) is 4.28. The first-order valence-electron chi connectivity index (χ1n) is 4.28. The van der Waals surface area contributed by atoms with Crippen LogP contribution in [0.2, 0.25) is 0 Å². The summed E-state index contributed by atoms with van der Waals surface area (Å²) in [5, 5.41) is 0. The molecule has 1 atom stereocenters. The molecule has 2 N–H and O–H groups in total. The van der Waals surface area contributed by atoms with Gasteiger partial charge in [0, 0.05) is 12.6 Å². The van der Waals surface area contributed by atoms with Crippen LogP contribution in [0.15, 0.2) is 0 Å². The van der Waals surface area contributed by atoms with Crippen molar-refractivity contribution in [3.05, 3.63) is 0 Å². The largest absolute Gasteiger partial charge is 0.329 e. The van der Waals surface area contributed by atoms with E-state index in [4.69, 9.17) is 5.73 Å². The molecule has 0 aromatic rings. The number of nitrogens with zero attached hydrogens (tertiary/aromatic N) is 1. The summed E-state index contributed by atoms with van der Waals surface area (Å²) in [5.41, 5.74) is 5.56. The predicted octanol–water partition coefficient (Wildman–Crippen LogP) is 1.66. The van der Waals surface area contributed by atoms with Crippen LogP contribution in [0, 0.1) is 0 Å². The lowest BCUT2D eigenvalue weighted by Crippen LogP contribution is -2.41. The minimum absolute atomic E-state index is 0. The molecule has 4 heteroatoms. The van der Waals surface area contributed by atoms with Crippen LogP contribution < -0.4 is 5.73 Å². The summed E-state index contributed by atoms with van der Waals surface area (Å²) >= 11 is 0. The average molecular weight is 215 g/mol. The molecule has 0 spiro atoms. The van der Waals surface area contributed by atoms with Crippen LogP contribution in [-0.2, 0) is 0 Å². The van der Waals surface area contributed by atoms with Crippen LogP contribution >= 0.6 is 24.8 Å². The average Bonchev–Trinajstić information content (AvgIpc) is 2.05. The highest BCUT2D eigenvalue weighted by molar-refractivity contribution is 5.85. The van der Waals surface area contributed by atoms with E-state index in [1.54, 1.807) is 0 Å². The van der Waals surface area contributed by atoms with Gasteiger partial charge in [-0.3, -0.25) is 4.90 Å². The summed E-state index contributed by atoms with van der Waals surface area (Å²) in [5.74, 6) is 0. The van der Waals surface area contributed by atoms with Crippen molar-refractivity contribution in [1.82, 2.24) is 4.90 Å². The molecule has 0 amide bonds. The van der Waals surface area contributed by atoms with E-state index in [1.165, 1.54) is 32.4 Å². The first-order chi connectivity index (χ1) is 4.84. The first kappa shape index (κ1) is 15.0. The number of halogens is 2. The van der Waals surface area contributed by atoms with Crippen molar-refractivity contribution >= 4 is 24.8 Å². The zero-order chi connectivity index (χ0) is 7.40. The SMILES string of the molecule is CC(CN)N1CCCCC1.Cl.Cl. The van der Waals surface area contributed by atoms with Crippen LogP contribution in [0.4, 0.5) is 0 Å². The van der Waals surface area contributed by atoms with E-state index in [0.29, 0.717) is 6.04 Å². The molecular weight excluding hydrogens is 195 g/mol. The minimum atomic E-state index is 0. The summed E-state index contributed by atoms with van der Waals surface area (Å²) in [6.45, 7) is 5.54. The van der Waals surface area contributed by atoms with E-state index in [-0.39, 0.29) is 24.8 Å². The molecule has 0 bridgehead atoms. The van der Waals surface area contributed by atoms with E-state index < -0.39 is 0 Å². The third-order valence-corrected chi connectivity index (χ3v) is 2.36. The molecule has 12 heavy (non-hydrogen) atoms. The second kappa shape index (κ2) is 8.11. The molecule has 1 saturated heterocycles. The topological polar surface area (TPSA) is 29.3 Å². The van der Waals surface area contributed by atoms with Crippen molar-refractivity contribution in [2.24, 2.45) is 5.73 Å². The molecule has 76 valence electrons. The summed E-state index contributed by atoms with van der Waals surface area (Å²) in [7, 11) is 0. The van der Waals surface area contributed by atoms with Crippen molar-refractivity contribution in [3.63, 3.8) is 0 Å². The Labute approximate surface area is 87.7 Å². The molecule has 0 aromatic carbocycles. The van der Waals surface area contributed by atoms with Gasteiger partial charge in [-0.1, -0.05) is 6.42 Å². The van der Waals surface area contributed by atoms with Crippen LogP contribution in [0.1, 0.15) is 26.2 Å². The lowest BCUT2D eigenvalue weighted by atomic mass is 10.1. The zero-order valence-electron chi connectivity index (χ0n) is 7.66. The fraction of sp³-hybridized carbons (Fsp3) is 1.00. The number of hydrogen-bond acceptors (Lipinski definition) is 2. The van der Waals surface area contributed by atoms with Gasteiger partial charge in [0.05, 0.1) is 0 Å². The van der Waals surface area contributed by atoms with Crippen LogP contribution in [0.25, 0.3) is 0 Å². The predicted molar refractivity (Wildman–Crippen MR) is 58.4 cm³/mol. The Morgan fingerprint density at radius 2 is 1.67 bits per heavy atom. The number of piperidine rings is 1. The highest BCUT2D eigenvalue weighted by atomic mass is 35.5. The maximum atomic E-state index is 5.56. The van der Waals surface area contributed by atoms with Gasteiger partial charge in [0.1, 0.15) is 0 Å². The van der Waals surface area contributed by atoms with Crippen molar-refractivity contribution < 1.29 is 0 Å². The van der Waals surface area contributed by atoms with Crippen molar-refractivity contribution in [2.75, 3.05) is 19.6 Å². The van der Waals surface area contributed by atoms with Gasteiger partial charge in [0.15, 0.2) is 0 Å². The van der Waals surface area contributed by atoms with Crippen molar-refractivity contribution in [3.8, 4) is 0 Å². The molecule has 1 fully saturated rings. The molecule has 1 aliphatic heterocycles. The second-order valence-electron chi connectivity index (χ2n) is 3.18. The molecule has 0 aliphatic carbocycles. The molecule has 0 aromatic heterocycles. The van der Waals surface area contributed by atoms with Gasteiger partial charge < -0.3 is 5.73 Å². The van der Waals surface area contributed by atoms with E-state index in [0.717, 1.165) is 6.54 Å². The van der Waals surface area contributed by atoms with Crippen LogP contribution in [0.3, 0.4) is 0 Å². The smallest absolute Gasteiger partial charge is 0.0190 e. The molecule has 0 radical (unpaired) electrons. The maximum absolute atomic E-state index is 5.56. The Kier molecular flexibility index (Phi) is 10.1. The minimum Gasteiger partial charge on any atom is -0.329 e. The molecule has 0 saturated carbocycles. The fourth-order valence-corrected chi connectivity index (χ4v) is 1.51. The van der Waals surface area contributed by atoms with Gasteiger partial charge in [-0.25, -0.2) is 0 Å². The van der Waals surface area contributed by atoms with E-state index in [1.807, 2.05) is 0 Å². The highest BCUT2D eigenvalue weighted by Crippen LogP contribution is 2.10.